The van der Waals surface area contributed by atoms with E-state index in [1.54, 1.807) is 0 Å². The molecular weight excluding hydrogens is 262 g/mol. The van der Waals surface area contributed by atoms with Crippen LogP contribution in [0.15, 0.2) is 12.1 Å². The van der Waals surface area contributed by atoms with E-state index in [4.69, 9.17) is 46.4 Å². The number of hydrogen-bond donors (Lipinski definition) is 0. The van der Waals surface area contributed by atoms with Crippen LogP contribution in [-0.2, 0) is 6.42 Å². The fourth-order valence-corrected chi connectivity index (χ4v) is 1.91. The molecule has 0 heterocycles. The molecule has 0 aliphatic rings. The molecule has 0 radical (unpaired) electrons. The average Bonchev–Trinajstić information content (AvgIpc) is 2.04. The predicted octanol–water partition coefficient (Wildman–Crippen LogP) is 4.87. The van der Waals surface area contributed by atoms with Crippen LogP contribution in [0.4, 0.5) is 0 Å². The van der Waals surface area contributed by atoms with Crippen LogP contribution < -0.4 is 0 Å². The molecule has 0 amide bonds. The third kappa shape index (κ3) is 3.20. The Morgan fingerprint density at radius 3 is 2.21 bits per heavy atom. The first kappa shape index (κ1) is 12.4. The molecule has 0 saturated heterocycles. The van der Waals surface area contributed by atoms with Crippen LogP contribution in [0.2, 0.25) is 5.02 Å². The Morgan fingerprint density at radius 1 is 1.14 bits per heavy atom. The van der Waals surface area contributed by atoms with Gasteiger partial charge in [0.15, 0.2) is 3.79 Å². The standard InChI is InChI=1S/C10H10Cl4/c1-6-3-4-9(11)7(2)8(6)5-10(12,13)14/h3-4H,5H2,1-2H3. The summed E-state index contributed by atoms with van der Waals surface area (Å²) < 4.78 is -1.26. The van der Waals surface area contributed by atoms with E-state index in [1.165, 1.54) is 0 Å². The molecule has 0 nitrogen and oxygen atoms in total. The van der Waals surface area contributed by atoms with E-state index in [1.807, 2.05) is 26.0 Å². The molecule has 4 heteroatoms. The maximum Gasteiger partial charge on any atom is 0.194 e. The quantitative estimate of drug-likeness (QED) is 0.640. The molecule has 0 N–H and O–H groups in total. The minimum atomic E-state index is -1.26. The van der Waals surface area contributed by atoms with Gasteiger partial charge in [-0.05, 0) is 36.6 Å². The lowest BCUT2D eigenvalue weighted by Gasteiger charge is -2.16. The van der Waals surface area contributed by atoms with Crippen LogP contribution >= 0.6 is 46.4 Å². The third-order valence-corrected chi connectivity index (χ3v) is 2.95. The maximum atomic E-state index is 5.99. The van der Waals surface area contributed by atoms with Gasteiger partial charge in [-0.2, -0.15) is 0 Å². The lowest BCUT2D eigenvalue weighted by molar-refractivity contribution is 0.987. The van der Waals surface area contributed by atoms with Gasteiger partial charge in [0, 0.05) is 11.4 Å². The Labute approximate surface area is 104 Å². The van der Waals surface area contributed by atoms with Crippen molar-refractivity contribution in [2.45, 2.75) is 24.1 Å². The SMILES string of the molecule is Cc1ccc(Cl)c(C)c1CC(Cl)(Cl)Cl. The molecule has 0 aromatic heterocycles. The Balaban J connectivity index is 3.13. The lowest BCUT2D eigenvalue weighted by Crippen LogP contribution is -2.09. The fraction of sp³-hybridized carbons (Fsp3) is 0.400. The van der Waals surface area contributed by atoms with Crippen LogP contribution in [-0.4, -0.2) is 3.79 Å². The predicted molar refractivity (Wildman–Crippen MR) is 64.9 cm³/mol. The largest absolute Gasteiger partial charge is 0.194 e. The molecular formula is C10H10Cl4. The van der Waals surface area contributed by atoms with Gasteiger partial charge in [0.05, 0.1) is 0 Å². The highest BCUT2D eigenvalue weighted by Crippen LogP contribution is 2.34. The van der Waals surface area contributed by atoms with E-state index in [2.05, 4.69) is 0 Å². The van der Waals surface area contributed by atoms with E-state index < -0.39 is 3.79 Å². The summed E-state index contributed by atoms with van der Waals surface area (Å²) in [5.41, 5.74) is 3.09. The zero-order valence-electron chi connectivity index (χ0n) is 7.87. The second kappa shape index (κ2) is 4.49. The average molecular weight is 272 g/mol. The van der Waals surface area contributed by atoms with Crippen LogP contribution in [0.25, 0.3) is 0 Å². The molecule has 0 atom stereocenters. The molecule has 0 aliphatic carbocycles. The van der Waals surface area contributed by atoms with Gasteiger partial charge in [-0.15, -0.1) is 0 Å². The smallest absolute Gasteiger partial charge is 0.0840 e. The normalized spacial score (nSPS) is 11.9. The van der Waals surface area contributed by atoms with Crippen LogP contribution in [0.1, 0.15) is 16.7 Å². The molecule has 0 fully saturated rings. The van der Waals surface area contributed by atoms with E-state index in [9.17, 15) is 0 Å². The number of halogens is 4. The molecule has 0 aliphatic heterocycles. The zero-order valence-corrected chi connectivity index (χ0v) is 10.9. The highest BCUT2D eigenvalue weighted by Gasteiger charge is 2.22. The lowest BCUT2D eigenvalue weighted by atomic mass is 10.0. The summed E-state index contributed by atoms with van der Waals surface area (Å²) in [7, 11) is 0. The Bertz CT molecular complexity index is 339. The summed E-state index contributed by atoms with van der Waals surface area (Å²) >= 11 is 23.2. The number of hydrogen-bond acceptors (Lipinski definition) is 0. The van der Waals surface area contributed by atoms with Crippen molar-refractivity contribution >= 4 is 46.4 Å². The van der Waals surface area contributed by atoms with Gasteiger partial charge in [-0.3, -0.25) is 0 Å². The summed E-state index contributed by atoms with van der Waals surface area (Å²) in [5, 5.41) is 0.708. The molecule has 0 bridgehead atoms. The van der Waals surface area contributed by atoms with Crippen molar-refractivity contribution in [3.8, 4) is 0 Å². The van der Waals surface area contributed by atoms with Gasteiger partial charge in [-0.25, -0.2) is 0 Å². The maximum absolute atomic E-state index is 5.99. The van der Waals surface area contributed by atoms with Crippen LogP contribution in [0, 0.1) is 13.8 Å². The number of rotatable bonds is 1. The van der Waals surface area contributed by atoms with Crippen LogP contribution in [0.3, 0.4) is 0 Å². The highest BCUT2D eigenvalue weighted by atomic mass is 35.6. The van der Waals surface area contributed by atoms with Gasteiger partial charge >= 0.3 is 0 Å². The molecule has 0 spiro atoms. The second-order valence-electron chi connectivity index (χ2n) is 3.26. The Hall–Kier alpha value is 0.380. The molecule has 1 aromatic rings. The van der Waals surface area contributed by atoms with Gasteiger partial charge in [0.25, 0.3) is 0 Å². The van der Waals surface area contributed by atoms with Crippen molar-refractivity contribution in [3.63, 3.8) is 0 Å². The molecule has 14 heavy (non-hydrogen) atoms. The minimum absolute atomic E-state index is 0.385. The summed E-state index contributed by atoms with van der Waals surface area (Å²) in [6.07, 6.45) is 0.385. The first-order valence-electron chi connectivity index (χ1n) is 4.12. The summed E-state index contributed by atoms with van der Waals surface area (Å²) in [6, 6.07) is 3.79. The summed E-state index contributed by atoms with van der Waals surface area (Å²) in [6.45, 7) is 3.91. The monoisotopic (exact) mass is 270 g/mol. The first-order valence-corrected chi connectivity index (χ1v) is 5.64. The van der Waals surface area contributed by atoms with Gasteiger partial charge in [0.1, 0.15) is 0 Å². The number of aryl methyl sites for hydroxylation is 1. The fourth-order valence-electron chi connectivity index (χ4n) is 1.34. The van der Waals surface area contributed by atoms with Crippen LogP contribution in [0.5, 0.6) is 0 Å². The molecule has 1 aromatic carbocycles. The summed E-state index contributed by atoms with van der Waals surface area (Å²) in [5.74, 6) is 0. The Morgan fingerprint density at radius 2 is 1.71 bits per heavy atom. The zero-order chi connectivity index (χ0) is 10.9. The van der Waals surface area contributed by atoms with Crippen molar-refractivity contribution in [1.29, 1.82) is 0 Å². The Kier molecular flexibility index (Phi) is 3.99. The third-order valence-electron chi connectivity index (χ3n) is 2.14. The number of alkyl halides is 3. The molecule has 1 rings (SSSR count). The summed E-state index contributed by atoms with van der Waals surface area (Å²) in [4.78, 5) is 0. The van der Waals surface area contributed by atoms with Crippen molar-refractivity contribution in [2.75, 3.05) is 0 Å². The van der Waals surface area contributed by atoms with E-state index in [0.717, 1.165) is 16.7 Å². The van der Waals surface area contributed by atoms with Crippen molar-refractivity contribution in [2.24, 2.45) is 0 Å². The van der Waals surface area contributed by atoms with Gasteiger partial charge in [0.2, 0.25) is 0 Å². The topological polar surface area (TPSA) is 0 Å². The van der Waals surface area contributed by atoms with Gasteiger partial charge in [-0.1, -0.05) is 52.5 Å². The van der Waals surface area contributed by atoms with Crippen molar-refractivity contribution in [3.05, 3.63) is 33.8 Å². The van der Waals surface area contributed by atoms with E-state index >= 15 is 0 Å². The number of benzene rings is 1. The van der Waals surface area contributed by atoms with Crippen molar-refractivity contribution < 1.29 is 0 Å². The van der Waals surface area contributed by atoms with E-state index in [0.29, 0.717) is 11.4 Å². The first-order chi connectivity index (χ1) is 6.31. The minimum Gasteiger partial charge on any atom is -0.0840 e. The van der Waals surface area contributed by atoms with Crippen molar-refractivity contribution in [1.82, 2.24) is 0 Å². The second-order valence-corrected chi connectivity index (χ2v) is 6.18. The molecule has 0 saturated carbocycles. The van der Waals surface area contributed by atoms with Gasteiger partial charge < -0.3 is 0 Å². The molecule has 0 unspecified atom stereocenters. The highest BCUT2D eigenvalue weighted by molar-refractivity contribution is 6.67. The molecule has 78 valence electrons. The van der Waals surface area contributed by atoms with E-state index in [-0.39, 0.29) is 0 Å².